The molecule has 0 saturated heterocycles. The van der Waals surface area contributed by atoms with E-state index < -0.39 is 17.5 Å². The summed E-state index contributed by atoms with van der Waals surface area (Å²) in [4.78, 5) is 11.2. The SMILES string of the molecule is CC(C)[C@@H](C(=O)O)[C@@]1(O)CCCC[C@@H]1C. The van der Waals surface area contributed by atoms with Crippen molar-refractivity contribution in [1.82, 2.24) is 0 Å². The van der Waals surface area contributed by atoms with Crippen molar-refractivity contribution in [2.45, 2.75) is 52.1 Å². The molecule has 0 aromatic heterocycles. The van der Waals surface area contributed by atoms with Gasteiger partial charge in [-0.3, -0.25) is 4.79 Å². The van der Waals surface area contributed by atoms with Gasteiger partial charge in [0.15, 0.2) is 0 Å². The largest absolute Gasteiger partial charge is 0.481 e. The highest BCUT2D eigenvalue weighted by Gasteiger charge is 2.47. The molecular weight excluding hydrogens is 192 g/mol. The molecule has 0 aliphatic heterocycles. The first-order valence-corrected chi connectivity index (χ1v) is 5.84. The van der Waals surface area contributed by atoms with Crippen molar-refractivity contribution in [3.05, 3.63) is 0 Å². The third-order valence-electron chi connectivity index (χ3n) is 3.79. The van der Waals surface area contributed by atoms with E-state index in [4.69, 9.17) is 0 Å². The molecule has 0 heterocycles. The van der Waals surface area contributed by atoms with E-state index in [1.165, 1.54) is 0 Å². The fourth-order valence-electron chi connectivity index (χ4n) is 2.89. The minimum absolute atomic E-state index is 0.0203. The van der Waals surface area contributed by atoms with Gasteiger partial charge in [0.25, 0.3) is 0 Å². The Balaban J connectivity index is 2.93. The molecule has 88 valence electrons. The van der Waals surface area contributed by atoms with Crippen LogP contribution < -0.4 is 0 Å². The number of carboxylic acids is 1. The van der Waals surface area contributed by atoms with E-state index in [1.807, 2.05) is 20.8 Å². The molecule has 1 fully saturated rings. The molecule has 0 amide bonds. The van der Waals surface area contributed by atoms with Gasteiger partial charge in [0.2, 0.25) is 0 Å². The molecule has 3 nitrogen and oxygen atoms in total. The molecule has 15 heavy (non-hydrogen) atoms. The lowest BCUT2D eigenvalue weighted by molar-refractivity contribution is -0.165. The highest BCUT2D eigenvalue weighted by molar-refractivity contribution is 5.72. The second kappa shape index (κ2) is 4.52. The third-order valence-corrected chi connectivity index (χ3v) is 3.79. The van der Waals surface area contributed by atoms with Gasteiger partial charge in [-0.05, 0) is 24.7 Å². The molecule has 0 unspecified atom stereocenters. The van der Waals surface area contributed by atoms with Gasteiger partial charge in [0.1, 0.15) is 0 Å². The van der Waals surface area contributed by atoms with Crippen LogP contribution >= 0.6 is 0 Å². The van der Waals surface area contributed by atoms with Crippen LogP contribution in [0.3, 0.4) is 0 Å². The lowest BCUT2D eigenvalue weighted by Crippen LogP contribution is -2.51. The van der Waals surface area contributed by atoms with Crippen LogP contribution in [0.5, 0.6) is 0 Å². The second-order valence-electron chi connectivity index (χ2n) is 5.20. The van der Waals surface area contributed by atoms with Crippen molar-refractivity contribution < 1.29 is 15.0 Å². The van der Waals surface area contributed by atoms with Crippen molar-refractivity contribution in [2.75, 3.05) is 0 Å². The number of rotatable bonds is 3. The lowest BCUT2D eigenvalue weighted by atomic mass is 9.66. The Morgan fingerprint density at radius 2 is 2.00 bits per heavy atom. The Kier molecular flexibility index (Phi) is 3.77. The fraction of sp³-hybridized carbons (Fsp3) is 0.917. The molecule has 1 rings (SSSR count). The van der Waals surface area contributed by atoms with Crippen molar-refractivity contribution >= 4 is 5.97 Å². The smallest absolute Gasteiger partial charge is 0.309 e. The highest BCUT2D eigenvalue weighted by atomic mass is 16.4. The molecule has 0 radical (unpaired) electrons. The van der Waals surface area contributed by atoms with Gasteiger partial charge in [0.05, 0.1) is 11.5 Å². The molecule has 1 aliphatic carbocycles. The zero-order valence-corrected chi connectivity index (χ0v) is 9.86. The Bertz CT molecular complexity index is 237. The van der Waals surface area contributed by atoms with E-state index >= 15 is 0 Å². The van der Waals surface area contributed by atoms with Crippen LogP contribution in [0.2, 0.25) is 0 Å². The van der Waals surface area contributed by atoms with Crippen molar-refractivity contribution in [3.63, 3.8) is 0 Å². The molecule has 1 saturated carbocycles. The number of carboxylic acid groups (broad SMARTS) is 1. The molecular formula is C12H22O3. The lowest BCUT2D eigenvalue weighted by Gasteiger charge is -2.43. The molecule has 0 spiro atoms. The maximum absolute atomic E-state index is 11.2. The predicted octanol–water partition coefficient (Wildman–Crippen LogP) is 2.28. The third kappa shape index (κ3) is 2.33. The summed E-state index contributed by atoms with van der Waals surface area (Å²) in [7, 11) is 0. The summed E-state index contributed by atoms with van der Waals surface area (Å²) >= 11 is 0. The van der Waals surface area contributed by atoms with E-state index in [9.17, 15) is 15.0 Å². The number of hydrogen-bond acceptors (Lipinski definition) is 2. The van der Waals surface area contributed by atoms with Crippen LogP contribution in [-0.2, 0) is 4.79 Å². The Hall–Kier alpha value is -0.570. The zero-order chi connectivity index (χ0) is 11.6. The maximum atomic E-state index is 11.2. The minimum Gasteiger partial charge on any atom is -0.481 e. The standard InChI is InChI=1S/C12H22O3/c1-8(2)10(11(13)14)12(15)7-5-4-6-9(12)3/h8-10,15H,4-7H2,1-3H3,(H,13,14)/t9-,10-,12+/m0/s1. The summed E-state index contributed by atoms with van der Waals surface area (Å²) in [5, 5.41) is 19.8. The molecule has 0 aromatic rings. The number of aliphatic carboxylic acids is 1. The average molecular weight is 214 g/mol. The highest BCUT2D eigenvalue weighted by Crippen LogP contribution is 2.41. The molecule has 1 aliphatic rings. The summed E-state index contributed by atoms with van der Waals surface area (Å²) in [6, 6.07) is 0. The van der Waals surface area contributed by atoms with E-state index in [-0.39, 0.29) is 11.8 Å². The van der Waals surface area contributed by atoms with E-state index in [0.717, 1.165) is 19.3 Å². The summed E-state index contributed by atoms with van der Waals surface area (Å²) in [6.45, 7) is 5.72. The van der Waals surface area contributed by atoms with Gasteiger partial charge in [0, 0.05) is 0 Å². The van der Waals surface area contributed by atoms with Crippen LogP contribution in [-0.4, -0.2) is 21.8 Å². The molecule has 0 bridgehead atoms. The first-order chi connectivity index (χ1) is 6.89. The number of carbonyl (C=O) groups is 1. The van der Waals surface area contributed by atoms with Crippen molar-refractivity contribution in [1.29, 1.82) is 0 Å². The van der Waals surface area contributed by atoms with Gasteiger partial charge in [-0.1, -0.05) is 33.6 Å². The average Bonchev–Trinajstić information content (AvgIpc) is 2.08. The van der Waals surface area contributed by atoms with Crippen LogP contribution in [0.1, 0.15) is 46.5 Å². The van der Waals surface area contributed by atoms with Gasteiger partial charge < -0.3 is 10.2 Å². The molecule has 2 N–H and O–H groups in total. The number of aliphatic hydroxyl groups is 1. The fourth-order valence-corrected chi connectivity index (χ4v) is 2.89. The topological polar surface area (TPSA) is 57.5 Å². The van der Waals surface area contributed by atoms with Gasteiger partial charge in [-0.15, -0.1) is 0 Å². The maximum Gasteiger partial charge on any atom is 0.309 e. The Morgan fingerprint density at radius 1 is 1.40 bits per heavy atom. The van der Waals surface area contributed by atoms with Crippen LogP contribution in [0.15, 0.2) is 0 Å². The first kappa shape index (κ1) is 12.5. The summed E-state index contributed by atoms with van der Waals surface area (Å²) in [5.74, 6) is -1.42. The zero-order valence-electron chi connectivity index (χ0n) is 9.86. The summed E-state index contributed by atoms with van der Waals surface area (Å²) < 4.78 is 0. The van der Waals surface area contributed by atoms with E-state index in [1.54, 1.807) is 0 Å². The molecule has 3 heteroatoms. The van der Waals surface area contributed by atoms with Gasteiger partial charge >= 0.3 is 5.97 Å². The van der Waals surface area contributed by atoms with E-state index in [2.05, 4.69) is 0 Å². The van der Waals surface area contributed by atoms with Gasteiger partial charge in [-0.25, -0.2) is 0 Å². The van der Waals surface area contributed by atoms with E-state index in [0.29, 0.717) is 6.42 Å². The molecule has 0 aromatic carbocycles. The monoisotopic (exact) mass is 214 g/mol. The first-order valence-electron chi connectivity index (χ1n) is 5.84. The van der Waals surface area contributed by atoms with Crippen LogP contribution in [0.25, 0.3) is 0 Å². The minimum atomic E-state index is -1.00. The van der Waals surface area contributed by atoms with Gasteiger partial charge in [-0.2, -0.15) is 0 Å². The predicted molar refractivity (Wildman–Crippen MR) is 58.5 cm³/mol. The summed E-state index contributed by atoms with van der Waals surface area (Å²) in [5.41, 5.74) is -1.00. The normalized spacial score (nSPS) is 34.1. The number of hydrogen-bond donors (Lipinski definition) is 2. The Morgan fingerprint density at radius 3 is 2.40 bits per heavy atom. The van der Waals surface area contributed by atoms with Crippen molar-refractivity contribution in [3.8, 4) is 0 Å². The van der Waals surface area contributed by atoms with Crippen molar-refractivity contribution in [2.24, 2.45) is 17.8 Å². The summed E-state index contributed by atoms with van der Waals surface area (Å²) in [6.07, 6.45) is 3.61. The van der Waals surface area contributed by atoms with Crippen LogP contribution in [0, 0.1) is 17.8 Å². The molecule has 3 atom stereocenters. The second-order valence-corrected chi connectivity index (χ2v) is 5.20. The quantitative estimate of drug-likeness (QED) is 0.757. The Labute approximate surface area is 91.5 Å². The van der Waals surface area contributed by atoms with Crippen LogP contribution in [0.4, 0.5) is 0 Å².